The van der Waals surface area contributed by atoms with Crippen LogP contribution in [0.5, 0.6) is 0 Å². The third-order valence-electron chi connectivity index (χ3n) is 4.75. The third-order valence-corrected chi connectivity index (χ3v) is 4.75. The molecule has 2 rings (SSSR count). The van der Waals surface area contributed by atoms with Crippen molar-refractivity contribution >= 4 is 29.9 Å². The number of rotatable bonds is 7. The summed E-state index contributed by atoms with van der Waals surface area (Å²) in [6.07, 6.45) is 3.50. The Hall–Kier alpha value is -0.930. The molecule has 0 unspecified atom stereocenters. The summed E-state index contributed by atoms with van der Waals surface area (Å²) in [7, 11) is 5.69. The van der Waals surface area contributed by atoms with Crippen molar-refractivity contribution in [1.82, 2.24) is 20.4 Å². The average Bonchev–Trinajstić information content (AvgIpc) is 2.62. The average molecular weight is 491 g/mol. The van der Waals surface area contributed by atoms with Crippen molar-refractivity contribution in [3.63, 3.8) is 0 Å². The number of piperidine rings is 1. The standard InChI is InChI=1S/C20H34FN5.HI/c1-5-10-26-11-8-18(9-12-26)24-20(22-2)23-14-16-6-7-19(21)17(13-16)15-25(3)4;/h6-7,13,18H,5,8-12,14-15H2,1-4H3,(H2,22,23,24);1H. The monoisotopic (exact) mass is 491 g/mol. The second-order valence-electron chi connectivity index (χ2n) is 7.35. The molecule has 5 nitrogen and oxygen atoms in total. The van der Waals surface area contributed by atoms with Crippen LogP contribution in [0.3, 0.4) is 0 Å². The lowest BCUT2D eigenvalue weighted by Crippen LogP contribution is -2.48. The number of nitrogens with zero attached hydrogens (tertiary/aromatic N) is 3. The summed E-state index contributed by atoms with van der Waals surface area (Å²) in [5, 5.41) is 6.89. The van der Waals surface area contributed by atoms with E-state index in [-0.39, 0.29) is 29.8 Å². The van der Waals surface area contributed by atoms with Crippen molar-refractivity contribution in [2.75, 3.05) is 40.8 Å². The molecule has 1 saturated heterocycles. The molecule has 1 aromatic rings. The fourth-order valence-corrected chi connectivity index (χ4v) is 3.39. The van der Waals surface area contributed by atoms with Gasteiger partial charge in [0.1, 0.15) is 5.82 Å². The smallest absolute Gasteiger partial charge is 0.191 e. The Labute approximate surface area is 180 Å². The van der Waals surface area contributed by atoms with Gasteiger partial charge in [0, 0.05) is 44.8 Å². The molecule has 1 heterocycles. The van der Waals surface area contributed by atoms with Crippen LogP contribution in [0.2, 0.25) is 0 Å². The van der Waals surface area contributed by atoms with Crippen molar-refractivity contribution in [2.45, 2.75) is 45.3 Å². The van der Waals surface area contributed by atoms with E-state index in [2.05, 4.69) is 27.4 Å². The van der Waals surface area contributed by atoms with E-state index in [9.17, 15) is 4.39 Å². The Balaban J connectivity index is 0.00000364. The van der Waals surface area contributed by atoms with Crippen LogP contribution in [0.4, 0.5) is 4.39 Å². The number of likely N-dealkylation sites (tertiary alicyclic amines) is 1. The number of halogens is 2. The molecule has 1 aliphatic rings. The molecular formula is C20H35FIN5. The molecule has 0 saturated carbocycles. The number of benzene rings is 1. The molecule has 7 heteroatoms. The lowest BCUT2D eigenvalue weighted by molar-refractivity contribution is 0.206. The van der Waals surface area contributed by atoms with Gasteiger partial charge in [0.05, 0.1) is 0 Å². The van der Waals surface area contributed by atoms with Crippen LogP contribution in [-0.2, 0) is 13.1 Å². The van der Waals surface area contributed by atoms with Crippen molar-refractivity contribution < 1.29 is 4.39 Å². The first-order valence-electron chi connectivity index (χ1n) is 9.63. The quantitative estimate of drug-likeness (QED) is 0.350. The zero-order chi connectivity index (χ0) is 18.9. The molecule has 27 heavy (non-hydrogen) atoms. The van der Waals surface area contributed by atoms with Crippen LogP contribution in [0.1, 0.15) is 37.3 Å². The molecule has 154 valence electrons. The SMILES string of the molecule is CCCN1CCC(NC(=NC)NCc2ccc(F)c(CN(C)C)c2)CC1.I. The van der Waals surface area contributed by atoms with E-state index >= 15 is 0 Å². The zero-order valence-electron chi connectivity index (χ0n) is 17.1. The summed E-state index contributed by atoms with van der Waals surface area (Å²) in [5.41, 5.74) is 1.78. The second-order valence-corrected chi connectivity index (χ2v) is 7.35. The van der Waals surface area contributed by atoms with Gasteiger partial charge in [-0.3, -0.25) is 4.99 Å². The molecule has 0 bridgehead atoms. The Morgan fingerprint density at radius 3 is 2.59 bits per heavy atom. The maximum atomic E-state index is 13.9. The van der Waals surface area contributed by atoms with E-state index in [0.717, 1.165) is 43.0 Å². The number of nitrogens with one attached hydrogen (secondary N) is 2. The highest BCUT2D eigenvalue weighted by molar-refractivity contribution is 14.0. The molecule has 0 radical (unpaired) electrons. The van der Waals surface area contributed by atoms with Crippen molar-refractivity contribution in [3.8, 4) is 0 Å². The summed E-state index contributed by atoms with van der Waals surface area (Å²) >= 11 is 0. The molecule has 1 fully saturated rings. The first-order chi connectivity index (χ1) is 12.5. The van der Waals surface area contributed by atoms with Gasteiger partial charge in [-0.2, -0.15) is 0 Å². The van der Waals surface area contributed by atoms with Gasteiger partial charge in [0.15, 0.2) is 5.96 Å². The van der Waals surface area contributed by atoms with Gasteiger partial charge >= 0.3 is 0 Å². The molecular weight excluding hydrogens is 456 g/mol. The summed E-state index contributed by atoms with van der Waals surface area (Å²) < 4.78 is 13.9. The Bertz CT molecular complexity index is 586. The van der Waals surface area contributed by atoms with Crippen LogP contribution >= 0.6 is 24.0 Å². The molecule has 2 N–H and O–H groups in total. The molecule has 0 aromatic heterocycles. The van der Waals surface area contributed by atoms with Crippen molar-refractivity contribution in [2.24, 2.45) is 4.99 Å². The third kappa shape index (κ3) is 8.31. The minimum Gasteiger partial charge on any atom is -0.354 e. The molecule has 0 spiro atoms. The van der Waals surface area contributed by atoms with Crippen LogP contribution in [-0.4, -0.2) is 62.6 Å². The Morgan fingerprint density at radius 2 is 2.00 bits per heavy atom. The highest BCUT2D eigenvalue weighted by Crippen LogP contribution is 2.13. The second kappa shape index (κ2) is 12.5. The van der Waals surface area contributed by atoms with Gasteiger partial charge in [-0.05, 0) is 57.6 Å². The first-order valence-corrected chi connectivity index (χ1v) is 9.63. The molecule has 0 amide bonds. The zero-order valence-corrected chi connectivity index (χ0v) is 19.4. The molecule has 0 atom stereocenters. The predicted octanol–water partition coefficient (Wildman–Crippen LogP) is 3.04. The lowest BCUT2D eigenvalue weighted by atomic mass is 10.1. The minimum absolute atomic E-state index is 0. The first kappa shape index (κ1) is 24.1. The largest absolute Gasteiger partial charge is 0.354 e. The fourth-order valence-electron chi connectivity index (χ4n) is 3.39. The van der Waals surface area contributed by atoms with Crippen molar-refractivity contribution in [3.05, 3.63) is 35.1 Å². The summed E-state index contributed by atoms with van der Waals surface area (Å²) in [5.74, 6) is 0.668. The lowest BCUT2D eigenvalue weighted by Gasteiger charge is -2.32. The van der Waals surface area contributed by atoms with Crippen LogP contribution in [0.15, 0.2) is 23.2 Å². The number of hydrogen-bond donors (Lipinski definition) is 2. The van der Waals surface area contributed by atoms with Crippen LogP contribution in [0, 0.1) is 5.82 Å². The van der Waals surface area contributed by atoms with E-state index in [1.165, 1.54) is 13.0 Å². The maximum Gasteiger partial charge on any atom is 0.191 e. The summed E-state index contributed by atoms with van der Waals surface area (Å²) in [6.45, 7) is 6.95. The number of aliphatic imine (C=N–C) groups is 1. The van der Waals surface area contributed by atoms with E-state index in [0.29, 0.717) is 19.1 Å². The highest BCUT2D eigenvalue weighted by atomic mass is 127. The van der Waals surface area contributed by atoms with E-state index < -0.39 is 0 Å². The molecule has 0 aliphatic carbocycles. The number of guanidine groups is 1. The summed E-state index contributed by atoms with van der Waals surface area (Å²) in [4.78, 5) is 8.84. The number of hydrogen-bond acceptors (Lipinski definition) is 3. The fraction of sp³-hybridized carbons (Fsp3) is 0.650. The van der Waals surface area contributed by atoms with Gasteiger partial charge in [0.2, 0.25) is 0 Å². The van der Waals surface area contributed by atoms with Crippen LogP contribution < -0.4 is 10.6 Å². The predicted molar refractivity (Wildman–Crippen MR) is 122 cm³/mol. The Morgan fingerprint density at radius 1 is 1.30 bits per heavy atom. The molecule has 1 aliphatic heterocycles. The minimum atomic E-state index is -0.149. The van der Waals surface area contributed by atoms with Gasteiger partial charge in [-0.25, -0.2) is 4.39 Å². The van der Waals surface area contributed by atoms with Gasteiger partial charge < -0.3 is 20.4 Å². The van der Waals surface area contributed by atoms with E-state index in [4.69, 9.17) is 0 Å². The molecule has 1 aromatic carbocycles. The van der Waals surface area contributed by atoms with Gasteiger partial charge in [0.25, 0.3) is 0 Å². The Kier molecular flexibility index (Phi) is 11.2. The maximum absolute atomic E-state index is 13.9. The topological polar surface area (TPSA) is 42.9 Å². The van der Waals surface area contributed by atoms with E-state index in [1.54, 1.807) is 13.1 Å². The van der Waals surface area contributed by atoms with Gasteiger partial charge in [-0.1, -0.05) is 13.0 Å². The highest BCUT2D eigenvalue weighted by Gasteiger charge is 2.19. The summed E-state index contributed by atoms with van der Waals surface area (Å²) in [6, 6.07) is 5.78. The van der Waals surface area contributed by atoms with Crippen LogP contribution in [0.25, 0.3) is 0 Å². The van der Waals surface area contributed by atoms with E-state index in [1.807, 2.05) is 31.1 Å². The van der Waals surface area contributed by atoms with Gasteiger partial charge in [-0.15, -0.1) is 24.0 Å². The van der Waals surface area contributed by atoms with Crippen molar-refractivity contribution in [1.29, 1.82) is 0 Å². The normalized spacial score (nSPS) is 16.3.